The Balaban J connectivity index is 1.79. The zero-order chi connectivity index (χ0) is 16.2. The van der Waals surface area contributed by atoms with Crippen LogP contribution in [0.3, 0.4) is 0 Å². The van der Waals surface area contributed by atoms with Gasteiger partial charge in [-0.2, -0.15) is 5.10 Å². The Kier molecular flexibility index (Phi) is 4.48. The van der Waals surface area contributed by atoms with E-state index in [1.165, 1.54) is 0 Å². The fourth-order valence-corrected chi connectivity index (χ4v) is 2.89. The molecule has 0 unspecified atom stereocenters. The Morgan fingerprint density at radius 1 is 1.09 bits per heavy atom. The molecule has 0 saturated carbocycles. The van der Waals surface area contributed by atoms with E-state index in [4.69, 9.17) is 0 Å². The average molecular weight is 323 g/mol. The van der Waals surface area contributed by atoms with E-state index in [1.807, 2.05) is 72.5 Å². The van der Waals surface area contributed by atoms with Crippen molar-refractivity contribution in [2.75, 3.05) is 11.6 Å². The molecule has 0 atom stereocenters. The van der Waals surface area contributed by atoms with Crippen molar-refractivity contribution < 1.29 is 4.79 Å². The van der Waals surface area contributed by atoms with Crippen LogP contribution in [-0.2, 0) is 0 Å². The van der Waals surface area contributed by atoms with E-state index in [0.717, 1.165) is 22.0 Å². The number of aryl methyl sites for hydroxylation is 1. The summed E-state index contributed by atoms with van der Waals surface area (Å²) in [6.07, 6.45) is 3.75. The molecule has 3 rings (SSSR count). The van der Waals surface area contributed by atoms with Crippen LogP contribution in [0.4, 0.5) is 5.69 Å². The largest absolute Gasteiger partial charge is 0.321 e. The van der Waals surface area contributed by atoms with Crippen molar-refractivity contribution in [3.8, 4) is 5.69 Å². The molecule has 3 aromatic rings. The first-order chi connectivity index (χ1) is 11.2. The normalized spacial score (nSPS) is 10.5. The smallest absolute Gasteiger partial charge is 0.255 e. The Morgan fingerprint density at radius 3 is 2.48 bits per heavy atom. The molecule has 0 spiro atoms. The van der Waals surface area contributed by atoms with Gasteiger partial charge in [-0.05, 0) is 55.6 Å². The molecule has 1 N–H and O–H groups in total. The number of para-hydroxylation sites is 1. The first kappa shape index (κ1) is 15.4. The van der Waals surface area contributed by atoms with Crippen molar-refractivity contribution in [3.63, 3.8) is 0 Å². The first-order valence-electron chi connectivity index (χ1n) is 7.24. The fraction of sp³-hybridized carbons (Fsp3) is 0.111. The highest BCUT2D eigenvalue weighted by molar-refractivity contribution is 7.98. The zero-order valence-electron chi connectivity index (χ0n) is 13.0. The summed E-state index contributed by atoms with van der Waals surface area (Å²) >= 11 is 1.61. The molecule has 0 fully saturated rings. The topological polar surface area (TPSA) is 46.9 Å². The minimum absolute atomic E-state index is 0.116. The molecule has 0 bridgehead atoms. The highest BCUT2D eigenvalue weighted by Gasteiger charge is 2.09. The Hall–Kier alpha value is -2.53. The number of thioether (sulfide) groups is 1. The van der Waals surface area contributed by atoms with Gasteiger partial charge in [0.25, 0.3) is 5.91 Å². The predicted molar refractivity (Wildman–Crippen MR) is 94.5 cm³/mol. The summed E-state index contributed by atoms with van der Waals surface area (Å²) in [6.45, 7) is 1.99. The van der Waals surface area contributed by atoms with Crippen LogP contribution in [0.5, 0.6) is 0 Å². The van der Waals surface area contributed by atoms with Crippen LogP contribution < -0.4 is 5.32 Å². The second-order valence-corrected chi connectivity index (χ2v) is 5.93. The minimum atomic E-state index is -0.116. The van der Waals surface area contributed by atoms with Crippen LogP contribution in [-0.4, -0.2) is 21.9 Å². The molecule has 2 aromatic carbocycles. The second-order valence-electron chi connectivity index (χ2n) is 5.09. The van der Waals surface area contributed by atoms with Crippen molar-refractivity contribution in [1.29, 1.82) is 0 Å². The lowest BCUT2D eigenvalue weighted by atomic mass is 10.2. The maximum atomic E-state index is 12.4. The van der Waals surface area contributed by atoms with Gasteiger partial charge >= 0.3 is 0 Å². The summed E-state index contributed by atoms with van der Waals surface area (Å²) in [5.41, 5.74) is 3.44. The summed E-state index contributed by atoms with van der Waals surface area (Å²) < 4.78 is 1.84. The van der Waals surface area contributed by atoms with Crippen molar-refractivity contribution in [1.82, 2.24) is 9.78 Å². The second kappa shape index (κ2) is 6.71. The van der Waals surface area contributed by atoms with Crippen LogP contribution in [0.1, 0.15) is 16.1 Å². The third-order valence-electron chi connectivity index (χ3n) is 3.56. The molecule has 5 heteroatoms. The van der Waals surface area contributed by atoms with Gasteiger partial charge in [-0.25, -0.2) is 4.68 Å². The van der Waals surface area contributed by atoms with Gasteiger partial charge in [-0.1, -0.05) is 12.1 Å². The molecule has 0 radical (unpaired) electrons. The van der Waals surface area contributed by atoms with Gasteiger partial charge in [0, 0.05) is 22.3 Å². The highest BCUT2D eigenvalue weighted by atomic mass is 32.2. The number of nitrogens with zero attached hydrogens (tertiary/aromatic N) is 2. The summed E-state index contributed by atoms with van der Waals surface area (Å²) in [5.74, 6) is -0.116. The van der Waals surface area contributed by atoms with E-state index in [-0.39, 0.29) is 5.91 Å². The summed E-state index contributed by atoms with van der Waals surface area (Å²) in [4.78, 5) is 13.5. The van der Waals surface area contributed by atoms with E-state index in [2.05, 4.69) is 10.4 Å². The standard InChI is InChI=1S/C18H17N3OS/c1-13-11-12-19-21(13)15-9-7-14(8-10-15)18(22)20-16-5-3-4-6-17(16)23-2/h3-12H,1-2H3,(H,20,22). The van der Waals surface area contributed by atoms with Gasteiger partial charge in [0.15, 0.2) is 0 Å². The summed E-state index contributed by atoms with van der Waals surface area (Å²) in [6, 6.07) is 17.1. The van der Waals surface area contributed by atoms with Gasteiger partial charge in [0.05, 0.1) is 11.4 Å². The summed E-state index contributed by atoms with van der Waals surface area (Å²) in [7, 11) is 0. The van der Waals surface area contributed by atoms with Crippen LogP contribution in [0, 0.1) is 6.92 Å². The van der Waals surface area contributed by atoms with Gasteiger partial charge in [0.2, 0.25) is 0 Å². The Bertz CT molecular complexity index is 824. The lowest BCUT2D eigenvalue weighted by Crippen LogP contribution is -2.12. The van der Waals surface area contributed by atoms with Gasteiger partial charge in [0.1, 0.15) is 0 Å². The molecule has 23 heavy (non-hydrogen) atoms. The third-order valence-corrected chi connectivity index (χ3v) is 4.36. The van der Waals surface area contributed by atoms with Gasteiger partial charge in [-0.15, -0.1) is 11.8 Å². The van der Waals surface area contributed by atoms with Crippen LogP contribution in [0.25, 0.3) is 5.69 Å². The van der Waals surface area contributed by atoms with E-state index < -0.39 is 0 Å². The van der Waals surface area contributed by atoms with E-state index >= 15 is 0 Å². The van der Waals surface area contributed by atoms with Gasteiger partial charge in [-0.3, -0.25) is 4.79 Å². The highest BCUT2D eigenvalue weighted by Crippen LogP contribution is 2.25. The van der Waals surface area contributed by atoms with Gasteiger partial charge < -0.3 is 5.32 Å². The van der Waals surface area contributed by atoms with E-state index in [9.17, 15) is 4.79 Å². The molecule has 1 amide bonds. The molecule has 0 aliphatic heterocycles. The molecular weight excluding hydrogens is 306 g/mol. The number of amides is 1. The molecule has 1 heterocycles. The number of rotatable bonds is 4. The molecule has 4 nitrogen and oxygen atoms in total. The average Bonchev–Trinajstić information content (AvgIpc) is 3.01. The number of carbonyl (C=O) groups is 1. The minimum Gasteiger partial charge on any atom is -0.321 e. The first-order valence-corrected chi connectivity index (χ1v) is 8.47. The monoisotopic (exact) mass is 323 g/mol. The fourth-order valence-electron chi connectivity index (χ4n) is 2.34. The maximum Gasteiger partial charge on any atom is 0.255 e. The lowest BCUT2D eigenvalue weighted by Gasteiger charge is -2.10. The van der Waals surface area contributed by atoms with Crippen molar-refractivity contribution in [3.05, 3.63) is 72.1 Å². The van der Waals surface area contributed by atoms with Crippen molar-refractivity contribution in [2.45, 2.75) is 11.8 Å². The van der Waals surface area contributed by atoms with E-state index in [0.29, 0.717) is 5.56 Å². The van der Waals surface area contributed by atoms with Crippen molar-refractivity contribution in [2.24, 2.45) is 0 Å². The summed E-state index contributed by atoms with van der Waals surface area (Å²) in [5, 5.41) is 7.23. The van der Waals surface area contributed by atoms with Crippen LogP contribution in [0.2, 0.25) is 0 Å². The van der Waals surface area contributed by atoms with Crippen LogP contribution in [0.15, 0.2) is 65.7 Å². The number of aromatic nitrogens is 2. The lowest BCUT2D eigenvalue weighted by molar-refractivity contribution is 0.102. The number of nitrogens with one attached hydrogen (secondary N) is 1. The number of hydrogen-bond acceptors (Lipinski definition) is 3. The maximum absolute atomic E-state index is 12.4. The molecule has 1 aromatic heterocycles. The Morgan fingerprint density at radius 2 is 1.83 bits per heavy atom. The SMILES string of the molecule is CSc1ccccc1NC(=O)c1ccc(-n2nccc2C)cc1. The predicted octanol–water partition coefficient (Wildman–Crippen LogP) is 4.15. The number of benzene rings is 2. The van der Waals surface area contributed by atoms with Crippen molar-refractivity contribution >= 4 is 23.4 Å². The van der Waals surface area contributed by atoms with E-state index in [1.54, 1.807) is 18.0 Å². The molecular formula is C18H17N3OS. The number of carbonyl (C=O) groups excluding carboxylic acids is 1. The Labute approximate surface area is 139 Å². The molecule has 0 saturated heterocycles. The molecule has 0 aliphatic carbocycles. The zero-order valence-corrected chi connectivity index (χ0v) is 13.8. The third kappa shape index (κ3) is 3.29. The number of anilines is 1. The number of hydrogen-bond donors (Lipinski definition) is 1. The molecule has 0 aliphatic rings. The van der Waals surface area contributed by atoms with Crippen LogP contribution >= 0.6 is 11.8 Å². The quantitative estimate of drug-likeness (QED) is 0.734. The molecule has 116 valence electrons.